The molecule has 0 aliphatic carbocycles. The molecule has 0 atom stereocenters. The first kappa shape index (κ1) is 17.5. The fourth-order valence-electron chi connectivity index (χ4n) is 2.25. The van der Waals surface area contributed by atoms with Crippen molar-refractivity contribution in [2.75, 3.05) is 6.54 Å². The van der Waals surface area contributed by atoms with Gasteiger partial charge in [0.05, 0.1) is 12.2 Å². The standard InChI is InChI=1S/C18H24N2O2S/c1-5-8-20(15(4)21)10-16-12-23-18(19-16)11-22-17-7-6-13(2)14(3)9-17/h6-7,9,12H,5,8,10-11H2,1-4H3. The zero-order valence-electron chi connectivity index (χ0n) is 14.3. The van der Waals surface area contributed by atoms with Crippen LogP contribution in [0.3, 0.4) is 0 Å². The second-order valence-corrected chi connectivity index (χ2v) is 6.65. The van der Waals surface area contributed by atoms with Crippen LogP contribution in [0.1, 0.15) is 42.1 Å². The van der Waals surface area contributed by atoms with Gasteiger partial charge in [-0.2, -0.15) is 0 Å². The van der Waals surface area contributed by atoms with Gasteiger partial charge >= 0.3 is 0 Å². The Balaban J connectivity index is 1.93. The van der Waals surface area contributed by atoms with Crippen molar-refractivity contribution in [3.05, 3.63) is 45.4 Å². The van der Waals surface area contributed by atoms with E-state index in [0.29, 0.717) is 13.2 Å². The Morgan fingerprint density at radius 2 is 2.09 bits per heavy atom. The molecule has 23 heavy (non-hydrogen) atoms. The molecule has 0 fully saturated rings. The fraction of sp³-hybridized carbons (Fsp3) is 0.444. The molecular weight excluding hydrogens is 308 g/mol. The Morgan fingerprint density at radius 3 is 2.74 bits per heavy atom. The normalized spacial score (nSPS) is 10.6. The summed E-state index contributed by atoms with van der Waals surface area (Å²) in [6.45, 7) is 9.63. The number of hydrogen-bond acceptors (Lipinski definition) is 4. The zero-order chi connectivity index (χ0) is 16.8. The summed E-state index contributed by atoms with van der Waals surface area (Å²) in [7, 11) is 0. The molecule has 0 spiro atoms. The van der Waals surface area contributed by atoms with Gasteiger partial charge in [0.2, 0.25) is 5.91 Å². The van der Waals surface area contributed by atoms with Crippen LogP contribution in [-0.4, -0.2) is 22.3 Å². The van der Waals surface area contributed by atoms with E-state index in [1.807, 2.05) is 22.4 Å². The minimum absolute atomic E-state index is 0.0905. The van der Waals surface area contributed by atoms with Gasteiger partial charge in [0.1, 0.15) is 17.4 Å². The van der Waals surface area contributed by atoms with Gasteiger partial charge in [0.15, 0.2) is 0 Å². The number of ether oxygens (including phenoxy) is 1. The Labute approximate surface area is 142 Å². The number of nitrogens with zero attached hydrogens (tertiary/aromatic N) is 2. The number of aromatic nitrogens is 1. The van der Waals surface area contributed by atoms with Gasteiger partial charge in [0, 0.05) is 18.8 Å². The van der Waals surface area contributed by atoms with Crippen molar-refractivity contribution >= 4 is 17.2 Å². The summed E-state index contributed by atoms with van der Waals surface area (Å²) in [5.41, 5.74) is 3.41. The van der Waals surface area contributed by atoms with Crippen molar-refractivity contribution in [2.24, 2.45) is 0 Å². The molecule has 0 saturated heterocycles. The zero-order valence-corrected chi connectivity index (χ0v) is 15.1. The average molecular weight is 332 g/mol. The molecule has 1 aromatic carbocycles. The van der Waals surface area contributed by atoms with Crippen LogP contribution in [0, 0.1) is 13.8 Å². The minimum atomic E-state index is 0.0905. The SMILES string of the molecule is CCCN(Cc1csc(COc2ccc(C)c(C)c2)n1)C(C)=O. The summed E-state index contributed by atoms with van der Waals surface area (Å²) in [6.07, 6.45) is 0.951. The van der Waals surface area contributed by atoms with E-state index in [4.69, 9.17) is 4.74 Å². The maximum absolute atomic E-state index is 11.6. The summed E-state index contributed by atoms with van der Waals surface area (Å²) in [6, 6.07) is 6.09. The fourth-order valence-corrected chi connectivity index (χ4v) is 2.95. The molecule has 0 radical (unpaired) electrons. The van der Waals surface area contributed by atoms with Crippen LogP contribution in [0.4, 0.5) is 0 Å². The molecule has 124 valence electrons. The molecule has 0 bridgehead atoms. The van der Waals surface area contributed by atoms with E-state index in [9.17, 15) is 4.79 Å². The molecule has 1 aromatic heterocycles. The summed E-state index contributed by atoms with van der Waals surface area (Å²) < 4.78 is 5.81. The molecule has 0 aliphatic rings. The molecule has 0 N–H and O–H groups in total. The van der Waals surface area contributed by atoms with Crippen LogP contribution in [0.5, 0.6) is 5.75 Å². The van der Waals surface area contributed by atoms with Crippen LogP contribution < -0.4 is 4.74 Å². The Morgan fingerprint density at radius 1 is 1.30 bits per heavy atom. The largest absolute Gasteiger partial charge is 0.486 e. The van der Waals surface area contributed by atoms with E-state index in [1.54, 1.807) is 18.3 Å². The first-order valence-corrected chi connectivity index (χ1v) is 8.76. The molecular formula is C18H24N2O2S. The third-order valence-corrected chi connectivity index (χ3v) is 4.60. The number of benzene rings is 1. The van der Waals surface area contributed by atoms with E-state index in [2.05, 4.69) is 31.8 Å². The predicted octanol–water partition coefficient (Wildman–Crippen LogP) is 4.10. The molecule has 1 heterocycles. The van der Waals surface area contributed by atoms with E-state index in [0.717, 1.165) is 29.4 Å². The second kappa shape index (κ2) is 8.11. The van der Waals surface area contributed by atoms with Gasteiger partial charge in [-0.3, -0.25) is 4.79 Å². The number of hydrogen-bond donors (Lipinski definition) is 0. The lowest BCUT2D eigenvalue weighted by molar-refractivity contribution is -0.129. The molecule has 0 saturated carbocycles. The maximum atomic E-state index is 11.6. The minimum Gasteiger partial charge on any atom is -0.486 e. The van der Waals surface area contributed by atoms with E-state index in [-0.39, 0.29) is 5.91 Å². The number of rotatable bonds is 7. The van der Waals surface area contributed by atoms with Crippen molar-refractivity contribution < 1.29 is 9.53 Å². The molecule has 5 heteroatoms. The van der Waals surface area contributed by atoms with Crippen LogP contribution in [0.25, 0.3) is 0 Å². The van der Waals surface area contributed by atoms with Gasteiger partial charge in [-0.25, -0.2) is 4.98 Å². The van der Waals surface area contributed by atoms with Gasteiger partial charge in [0.25, 0.3) is 0 Å². The van der Waals surface area contributed by atoms with Crippen LogP contribution in [0.15, 0.2) is 23.6 Å². The van der Waals surface area contributed by atoms with Crippen molar-refractivity contribution in [3.63, 3.8) is 0 Å². The van der Waals surface area contributed by atoms with Crippen molar-refractivity contribution in [3.8, 4) is 5.75 Å². The van der Waals surface area contributed by atoms with Crippen LogP contribution in [-0.2, 0) is 17.9 Å². The molecule has 0 aliphatic heterocycles. The lowest BCUT2D eigenvalue weighted by Gasteiger charge is -2.18. The Hall–Kier alpha value is -1.88. The van der Waals surface area contributed by atoms with E-state index >= 15 is 0 Å². The highest BCUT2D eigenvalue weighted by Crippen LogP contribution is 2.19. The number of amides is 1. The maximum Gasteiger partial charge on any atom is 0.219 e. The summed E-state index contributed by atoms with van der Waals surface area (Å²) >= 11 is 1.57. The molecule has 4 nitrogen and oxygen atoms in total. The number of carbonyl (C=O) groups is 1. The van der Waals surface area contributed by atoms with Crippen LogP contribution >= 0.6 is 11.3 Å². The predicted molar refractivity (Wildman–Crippen MR) is 93.7 cm³/mol. The topological polar surface area (TPSA) is 42.4 Å². The third kappa shape index (κ3) is 5.06. The van der Waals surface area contributed by atoms with Crippen LogP contribution in [0.2, 0.25) is 0 Å². The molecule has 2 rings (SSSR count). The van der Waals surface area contributed by atoms with Gasteiger partial charge < -0.3 is 9.64 Å². The highest BCUT2D eigenvalue weighted by Gasteiger charge is 2.11. The van der Waals surface area contributed by atoms with Crippen molar-refractivity contribution in [1.29, 1.82) is 0 Å². The monoisotopic (exact) mass is 332 g/mol. The Kier molecular flexibility index (Phi) is 6.16. The third-order valence-electron chi connectivity index (χ3n) is 3.73. The quantitative estimate of drug-likeness (QED) is 0.766. The van der Waals surface area contributed by atoms with Gasteiger partial charge in [-0.1, -0.05) is 13.0 Å². The van der Waals surface area contributed by atoms with E-state index in [1.165, 1.54) is 11.1 Å². The first-order valence-electron chi connectivity index (χ1n) is 7.88. The molecule has 1 amide bonds. The Bertz CT molecular complexity index is 667. The van der Waals surface area contributed by atoms with Crippen molar-refractivity contribution in [1.82, 2.24) is 9.88 Å². The highest BCUT2D eigenvalue weighted by molar-refractivity contribution is 7.09. The van der Waals surface area contributed by atoms with E-state index < -0.39 is 0 Å². The number of aryl methyl sites for hydroxylation is 2. The summed E-state index contributed by atoms with van der Waals surface area (Å²) in [4.78, 5) is 18.0. The highest BCUT2D eigenvalue weighted by atomic mass is 32.1. The first-order chi connectivity index (χ1) is 11.0. The number of carbonyl (C=O) groups excluding carboxylic acids is 1. The van der Waals surface area contributed by atoms with Gasteiger partial charge in [-0.05, 0) is 43.5 Å². The average Bonchev–Trinajstić information content (AvgIpc) is 2.95. The number of thiazole rings is 1. The summed E-state index contributed by atoms with van der Waals surface area (Å²) in [5.74, 6) is 0.953. The van der Waals surface area contributed by atoms with Gasteiger partial charge in [-0.15, -0.1) is 11.3 Å². The van der Waals surface area contributed by atoms with Crippen molar-refractivity contribution in [2.45, 2.75) is 47.3 Å². The lowest BCUT2D eigenvalue weighted by atomic mass is 10.1. The lowest BCUT2D eigenvalue weighted by Crippen LogP contribution is -2.29. The smallest absolute Gasteiger partial charge is 0.219 e. The molecule has 0 unspecified atom stereocenters. The second-order valence-electron chi connectivity index (χ2n) is 5.71. The summed E-state index contributed by atoms with van der Waals surface area (Å²) in [5, 5.41) is 2.93. The molecule has 2 aromatic rings.